The molecule has 2 fully saturated rings. The number of rotatable bonds is 1. The van der Waals surface area contributed by atoms with Crippen molar-refractivity contribution < 1.29 is 18.7 Å². The number of hydrogen-bond donors (Lipinski definition) is 0. The molecular formula is C21H26BrFO3. The van der Waals surface area contributed by atoms with E-state index in [1.165, 1.54) is 6.92 Å². The van der Waals surface area contributed by atoms with E-state index in [4.69, 9.17) is 4.74 Å². The molecular weight excluding hydrogens is 399 g/mol. The van der Waals surface area contributed by atoms with Gasteiger partial charge >= 0.3 is 5.97 Å². The number of hydrogen-bond acceptors (Lipinski definition) is 3. The lowest BCUT2D eigenvalue weighted by molar-refractivity contribution is -0.157. The molecule has 0 heterocycles. The van der Waals surface area contributed by atoms with Gasteiger partial charge in [0.1, 0.15) is 12.3 Å². The van der Waals surface area contributed by atoms with Crippen LogP contribution in [0.5, 0.6) is 0 Å². The molecule has 0 saturated heterocycles. The fourth-order valence-corrected chi connectivity index (χ4v) is 7.35. The molecule has 26 heavy (non-hydrogen) atoms. The van der Waals surface area contributed by atoms with Crippen molar-refractivity contribution in [2.24, 2.45) is 22.7 Å². The zero-order chi connectivity index (χ0) is 18.9. The zero-order valence-corrected chi connectivity index (χ0v) is 17.1. The van der Waals surface area contributed by atoms with Gasteiger partial charge in [-0.15, -0.1) is 0 Å². The summed E-state index contributed by atoms with van der Waals surface area (Å²) in [4.78, 5) is 23.5. The molecule has 1 unspecified atom stereocenters. The molecule has 0 aliphatic heterocycles. The van der Waals surface area contributed by atoms with E-state index in [1.54, 1.807) is 6.08 Å². The molecule has 0 aromatic heterocycles. The van der Waals surface area contributed by atoms with Crippen LogP contribution in [-0.4, -0.2) is 28.4 Å². The van der Waals surface area contributed by atoms with E-state index in [-0.39, 0.29) is 35.1 Å². The number of allylic oxidation sites excluding steroid dienone is 4. The average Bonchev–Trinajstić information content (AvgIpc) is 2.86. The molecule has 4 aliphatic carbocycles. The van der Waals surface area contributed by atoms with Gasteiger partial charge in [0.25, 0.3) is 0 Å². The van der Waals surface area contributed by atoms with Crippen LogP contribution in [0.1, 0.15) is 52.9 Å². The second-order valence-corrected chi connectivity index (χ2v) is 10.3. The summed E-state index contributed by atoms with van der Waals surface area (Å²) < 4.78 is 20.8. The Hall–Kier alpha value is -0.970. The first-order chi connectivity index (χ1) is 12.1. The van der Waals surface area contributed by atoms with Crippen LogP contribution in [0, 0.1) is 22.7 Å². The summed E-state index contributed by atoms with van der Waals surface area (Å²) >= 11 is 3.90. The molecule has 4 rings (SSSR count). The first-order valence-corrected chi connectivity index (χ1v) is 10.4. The van der Waals surface area contributed by atoms with Gasteiger partial charge < -0.3 is 4.74 Å². The third-order valence-corrected chi connectivity index (χ3v) is 9.68. The van der Waals surface area contributed by atoms with Crippen LogP contribution in [0.25, 0.3) is 0 Å². The molecule has 4 aliphatic rings. The highest BCUT2D eigenvalue weighted by Gasteiger charge is 2.69. The minimum absolute atomic E-state index is 0.0205. The number of carbonyl (C=O) groups is 2. The summed E-state index contributed by atoms with van der Waals surface area (Å²) in [5.74, 6) is 0.117. The second-order valence-electron chi connectivity index (χ2n) is 9.01. The molecule has 3 nitrogen and oxygen atoms in total. The second kappa shape index (κ2) is 5.76. The first-order valence-electron chi connectivity index (χ1n) is 9.56. The number of carbonyl (C=O) groups excluding carboxylic acids is 2. The molecule has 2 saturated carbocycles. The van der Waals surface area contributed by atoms with Gasteiger partial charge in [-0.25, -0.2) is 4.39 Å². The summed E-state index contributed by atoms with van der Waals surface area (Å²) in [5, 5.41) is 0. The van der Waals surface area contributed by atoms with Gasteiger partial charge in [0.05, 0.1) is 4.32 Å². The van der Waals surface area contributed by atoms with Gasteiger partial charge in [0.15, 0.2) is 5.78 Å². The van der Waals surface area contributed by atoms with E-state index >= 15 is 4.39 Å². The highest BCUT2D eigenvalue weighted by atomic mass is 79.9. The Kier molecular flexibility index (Phi) is 4.08. The first kappa shape index (κ1) is 18.4. The van der Waals surface area contributed by atoms with Crippen LogP contribution in [-0.2, 0) is 14.3 Å². The van der Waals surface area contributed by atoms with E-state index in [1.807, 2.05) is 6.08 Å². The van der Waals surface area contributed by atoms with Crippen LogP contribution in [0.4, 0.5) is 4.39 Å². The number of halogens is 2. The van der Waals surface area contributed by atoms with Gasteiger partial charge in [-0.05, 0) is 49.2 Å². The number of ketones is 1. The summed E-state index contributed by atoms with van der Waals surface area (Å²) in [6.07, 6.45) is 7.79. The maximum Gasteiger partial charge on any atom is 0.302 e. The zero-order valence-electron chi connectivity index (χ0n) is 15.6. The molecule has 142 valence electrons. The fourth-order valence-electron chi connectivity index (χ4n) is 6.29. The topological polar surface area (TPSA) is 43.4 Å². The predicted molar refractivity (Wildman–Crippen MR) is 101 cm³/mol. The van der Waals surface area contributed by atoms with Gasteiger partial charge in [0.2, 0.25) is 0 Å². The lowest BCUT2D eigenvalue weighted by Gasteiger charge is -2.61. The van der Waals surface area contributed by atoms with Gasteiger partial charge in [-0.2, -0.15) is 0 Å². The highest BCUT2D eigenvalue weighted by Crippen LogP contribution is 2.69. The smallest absolute Gasteiger partial charge is 0.302 e. The molecule has 5 heteroatoms. The Balaban J connectivity index is 1.79. The van der Waals surface area contributed by atoms with Crippen molar-refractivity contribution in [2.75, 3.05) is 0 Å². The lowest BCUT2D eigenvalue weighted by atomic mass is 9.48. The monoisotopic (exact) mass is 424 g/mol. The molecule has 0 amide bonds. The van der Waals surface area contributed by atoms with Crippen LogP contribution < -0.4 is 0 Å². The van der Waals surface area contributed by atoms with E-state index in [2.05, 4.69) is 35.9 Å². The van der Waals surface area contributed by atoms with Crippen LogP contribution in [0.15, 0.2) is 23.8 Å². The standard InChI is InChI=1S/C21H26BrFO3/c1-12(24)26-18-7-6-15-16-5-4-13-10-14(25)8-9-20(13,3)21(16,22)17(23)11-19(15,18)2/h4-5,10,15-18H,6-9,11H2,1-3H3/t15-,16-,17-,18-,19-,20-,21?/m0/s1. The molecule has 0 aromatic carbocycles. The Bertz CT molecular complexity index is 731. The van der Waals surface area contributed by atoms with E-state index in [9.17, 15) is 9.59 Å². The molecule has 0 bridgehead atoms. The number of ether oxygens (including phenoxy) is 1. The Morgan fingerprint density at radius 3 is 2.77 bits per heavy atom. The van der Waals surface area contributed by atoms with E-state index in [0.29, 0.717) is 19.3 Å². The minimum Gasteiger partial charge on any atom is -0.462 e. The van der Waals surface area contributed by atoms with Crippen LogP contribution >= 0.6 is 15.9 Å². The van der Waals surface area contributed by atoms with Crippen molar-refractivity contribution in [3.8, 4) is 0 Å². The Morgan fingerprint density at radius 2 is 2.08 bits per heavy atom. The Labute approximate surface area is 162 Å². The average molecular weight is 425 g/mol. The van der Waals surface area contributed by atoms with Gasteiger partial charge in [-0.3, -0.25) is 9.59 Å². The van der Waals surface area contributed by atoms with Crippen molar-refractivity contribution in [1.82, 2.24) is 0 Å². The maximum atomic E-state index is 15.9. The summed E-state index contributed by atoms with van der Waals surface area (Å²) in [7, 11) is 0. The van der Waals surface area contributed by atoms with Crippen molar-refractivity contribution >= 4 is 27.7 Å². The number of esters is 1. The van der Waals surface area contributed by atoms with E-state index < -0.39 is 15.9 Å². The van der Waals surface area contributed by atoms with Crippen molar-refractivity contribution in [1.29, 1.82) is 0 Å². The van der Waals surface area contributed by atoms with Crippen molar-refractivity contribution in [2.45, 2.75) is 69.5 Å². The van der Waals surface area contributed by atoms with Crippen molar-refractivity contribution in [3.63, 3.8) is 0 Å². The third kappa shape index (κ3) is 2.22. The van der Waals surface area contributed by atoms with Gasteiger partial charge in [-0.1, -0.05) is 41.9 Å². The van der Waals surface area contributed by atoms with Gasteiger partial charge in [0, 0.05) is 24.2 Å². The van der Waals surface area contributed by atoms with Crippen molar-refractivity contribution in [3.05, 3.63) is 23.8 Å². The van der Waals surface area contributed by atoms with E-state index in [0.717, 1.165) is 18.4 Å². The number of alkyl halides is 2. The fraction of sp³-hybridized carbons (Fsp3) is 0.714. The summed E-state index contributed by atoms with van der Waals surface area (Å²) in [6.45, 7) is 5.62. The maximum absolute atomic E-state index is 15.9. The molecule has 0 spiro atoms. The summed E-state index contributed by atoms with van der Waals surface area (Å²) in [6, 6.07) is 0. The molecule has 0 radical (unpaired) electrons. The normalized spacial score (nSPS) is 49.7. The third-order valence-electron chi connectivity index (χ3n) is 7.78. The molecule has 0 aromatic rings. The molecule has 7 atom stereocenters. The number of fused-ring (bicyclic) bond motifs is 5. The Morgan fingerprint density at radius 1 is 1.35 bits per heavy atom. The largest absolute Gasteiger partial charge is 0.462 e. The lowest BCUT2D eigenvalue weighted by Crippen LogP contribution is -2.64. The SMILES string of the molecule is CC(=O)O[C@H]1CC[C@H]2[C@@H]3C=CC4=CC(=O)CC[C@]4(C)C3(Br)[C@@H](F)C[C@]12C. The quantitative estimate of drug-likeness (QED) is 0.452. The summed E-state index contributed by atoms with van der Waals surface area (Å²) in [5.41, 5.74) is 0.197. The predicted octanol–water partition coefficient (Wildman–Crippen LogP) is 4.69. The highest BCUT2D eigenvalue weighted by molar-refractivity contribution is 9.10. The molecule has 0 N–H and O–H groups in total. The van der Waals surface area contributed by atoms with Crippen LogP contribution in [0.2, 0.25) is 0 Å². The minimum atomic E-state index is -1.07. The van der Waals surface area contributed by atoms with Crippen LogP contribution in [0.3, 0.4) is 0 Å².